The number of hydrogen-bond donors (Lipinski definition) is 1. The molecule has 1 aromatic heterocycles. The van der Waals surface area contributed by atoms with Gasteiger partial charge in [0, 0.05) is 5.56 Å². The topological polar surface area (TPSA) is 106 Å². The predicted molar refractivity (Wildman–Crippen MR) is 160 cm³/mol. The average Bonchev–Trinajstić information content (AvgIpc) is 3.51. The number of carbonyl (C=O) groups is 3. The molecule has 1 aliphatic rings. The van der Waals surface area contributed by atoms with Crippen molar-refractivity contribution in [2.24, 2.45) is 0 Å². The normalized spacial score (nSPS) is 15.9. The van der Waals surface area contributed by atoms with Crippen molar-refractivity contribution in [2.75, 3.05) is 11.5 Å². The van der Waals surface area contributed by atoms with Crippen molar-refractivity contribution in [3.8, 4) is 5.75 Å². The number of anilines is 1. The van der Waals surface area contributed by atoms with Crippen molar-refractivity contribution in [3.05, 3.63) is 130 Å². The first kappa shape index (κ1) is 29.4. The highest BCUT2D eigenvalue weighted by atomic mass is 32.1. The largest absolute Gasteiger partial charge is 0.507 e. The lowest BCUT2D eigenvalue weighted by Gasteiger charge is -2.23. The summed E-state index contributed by atoms with van der Waals surface area (Å²) in [7, 11) is 0. The Morgan fingerprint density at radius 3 is 2.49 bits per heavy atom. The number of nitrogens with zero attached hydrogens (tertiary/aromatic N) is 2. The Hall–Kier alpha value is -5.09. The van der Waals surface area contributed by atoms with Crippen LogP contribution in [0.1, 0.15) is 43.7 Å². The van der Waals surface area contributed by atoms with Gasteiger partial charge in [-0.25, -0.2) is 14.2 Å². The second-order valence-electron chi connectivity index (χ2n) is 9.77. The molecule has 10 heteroatoms. The number of carbonyl (C=O) groups excluding carboxylic acids is 3. The Balaban J connectivity index is 1.55. The molecule has 4 aromatic rings. The van der Waals surface area contributed by atoms with Crippen molar-refractivity contribution in [1.82, 2.24) is 4.98 Å². The van der Waals surface area contributed by atoms with Gasteiger partial charge in [-0.1, -0.05) is 66.5 Å². The second-order valence-corrected chi connectivity index (χ2v) is 10.7. The minimum absolute atomic E-state index is 0.0129. The summed E-state index contributed by atoms with van der Waals surface area (Å²) in [6.45, 7) is 7.19. The summed E-state index contributed by atoms with van der Waals surface area (Å²) in [4.78, 5) is 45.3. The lowest BCUT2D eigenvalue weighted by molar-refractivity contribution is -0.132. The monoisotopic (exact) mass is 598 g/mol. The minimum Gasteiger partial charge on any atom is -0.507 e. The number of amides is 1. The highest BCUT2D eigenvalue weighted by molar-refractivity contribution is 7.17. The van der Waals surface area contributed by atoms with Gasteiger partial charge >= 0.3 is 11.9 Å². The maximum atomic E-state index is 13.9. The molecule has 1 saturated heterocycles. The molecule has 43 heavy (non-hydrogen) atoms. The van der Waals surface area contributed by atoms with Gasteiger partial charge in [0.15, 0.2) is 5.13 Å². The first-order chi connectivity index (χ1) is 20.7. The van der Waals surface area contributed by atoms with E-state index in [-0.39, 0.29) is 22.2 Å². The van der Waals surface area contributed by atoms with Crippen molar-refractivity contribution in [1.29, 1.82) is 0 Å². The fraction of sp³-hybridized carbons (Fsp3) is 0.152. The number of benzene rings is 3. The number of aliphatic hydroxyl groups is 1. The Kier molecular flexibility index (Phi) is 8.49. The molecular formula is C33H27FN2O6S. The highest BCUT2D eigenvalue weighted by Gasteiger charge is 2.48. The third-order valence-electron chi connectivity index (χ3n) is 6.84. The molecular weight excluding hydrogens is 571 g/mol. The molecule has 1 atom stereocenters. The third-order valence-corrected chi connectivity index (χ3v) is 7.98. The number of hydrogen-bond acceptors (Lipinski definition) is 8. The maximum absolute atomic E-state index is 13.9. The van der Waals surface area contributed by atoms with Crippen LogP contribution in [0.3, 0.4) is 0 Å². The number of ether oxygens (including phenoxy) is 2. The fourth-order valence-electron chi connectivity index (χ4n) is 4.74. The average molecular weight is 599 g/mol. The molecule has 1 amide bonds. The maximum Gasteiger partial charge on any atom is 0.350 e. The number of Topliss-reactive ketones (excluding diaryl/α,β-unsaturated/α-hetero) is 1. The van der Waals surface area contributed by atoms with Gasteiger partial charge in [0.2, 0.25) is 0 Å². The summed E-state index contributed by atoms with van der Waals surface area (Å²) in [5.41, 5.74) is 2.38. The zero-order valence-electron chi connectivity index (χ0n) is 23.4. The Morgan fingerprint density at radius 1 is 1.09 bits per heavy atom. The van der Waals surface area contributed by atoms with Crippen LogP contribution in [0.15, 0.2) is 91.0 Å². The van der Waals surface area contributed by atoms with E-state index in [2.05, 4.69) is 11.6 Å². The SMILES string of the molecule is C=CCOC(=O)c1sc(N2C(=O)C(=O)/C(=C(/O)c3ccc(OCc4ccccc4)cc3C)[C@H]2c2ccc(F)cc2)nc1C. The fourth-order valence-corrected chi connectivity index (χ4v) is 5.73. The van der Waals surface area contributed by atoms with E-state index in [0.717, 1.165) is 21.8 Å². The van der Waals surface area contributed by atoms with Crippen molar-refractivity contribution in [3.63, 3.8) is 0 Å². The Bertz CT molecular complexity index is 1750. The van der Waals surface area contributed by atoms with E-state index >= 15 is 0 Å². The van der Waals surface area contributed by atoms with Crippen molar-refractivity contribution >= 4 is 39.9 Å². The van der Waals surface area contributed by atoms with Gasteiger partial charge in [-0.2, -0.15) is 0 Å². The van der Waals surface area contributed by atoms with E-state index < -0.39 is 35.3 Å². The minimum atomic E-state index is -1.14. The molecule has 0 bridgehead atoms. The van der Waals surface area contributed by atoms with Crippen LogP contribution in [0, 0.1) is 19.7 Å². The predicted octanol–water partition coefficient (Wildman–Crippen LogP) is 6.45. The molecule has 2 heterocycles. The number of aliphatic hydroxyl groups excluding tert-OH is 1. The van der Waals surface area contributed by atoms with Crippen LogP contribution in [-0.4, -0.2) is 34.4 Å². The third kappa shape index (κ3) is 5.96. The number of esters is 1. The summed E-state index contributed by atoms with van der Waals surface area (Å²) < 4.78 is 24.9. The summed E-state index contributed by atoms with van der Waals surface area (Å²) in [6, 6.07) is 18.8. The number of aryl methyl sites for hydroxylation is 2. The molecule has 1 fully saturated rings. The number of aromatic nitrogens is 1. The van der Waals surface area contributed by atoms with E-state index in [9.17, 15) is 23.9 Å². The summed E-state index contributed by atoms with van der Waals surface area (Å²) in [5.74, 6) is -2.90. The molecule has 0 saturated carbocycles. The first-order valence-electron chi connectivity index (χ1n) is 13.3. The van der Waals surface area contributed by atoms with E-state index in [1.807, 2.05) is 30.3 Å². The summed E-state index contributed by atoms with van der Waals surface area (Å²) in [5, 5.41) is 11.6. The molecule has 0 aliphatic carbocycles. The van der Waals surface area contributed by atoms with Crippen molar-refractivity contribution in [2.45, 2.75) is 26.5 Å². The van der Waals surface area contributed by atoms with Crippen molar-refractivity contribution < 1.29 is 33.4 Å². The number of ketones is 1. The van der Waals surface area contributed by atoms with Gasteiger partial charge < -0.3 is 14.6 Å². The lowest BCUT2D eigenvalue weighted by Crippen LogP contribution is -2.29. The molecule has 0 unspecified atom stereocenters. The smallest absolute Gasteiger partial charge is 0.350 e. The van der Waals surface area contributed by atoms with Crippen LogP contribution >= 0.6 is 11.3 Å². The molecule has 5 rings (SSSR count). The summed E-state index contributed by atoms with van der Waals surface area (Å²) >= 11 is 0.879. The van der Waals surface area contributed by atoms with Gasteiger partial charge in [0.1, 0.15) is 35.4 Å². The van der Waals surface area contributed by atoms with Gasteiger partial charge in [-0.05, 0) is 60.9 Å². The number of halogens is 1. The van der Waals surface area contributed by atoms with Gasteiger partial charge in [-0.3, -0.25) is 14.5 Å². The van der Waals surface area contributed by atoms with Gasteiger partial charge in [-0.15, -0.1) is 0 Å². The molecule has 3 aromatic carbocycles. The standard InChI is InChI=1S/C33H27FN2O6S/c1-4-16-41-32(40)30-20(3)35-33(43-30)36-27(22-10-12-23(34)13-11-22)26(29(38)31(36)39)28(37)25-15-14-24(17-19(25)2)42-18-21-8-6-5-7-9-21/h4-15,17,27,37H,1,16,18H2,2-3H3/b28-26+/t27-/m1/s1. The van der Waals surface area contributed by atoms with E-state index in [1.54, 1.807) is 32.0 Å². The molecule has 0 radical (unpaired) electrons. The van der Waals surface area contributed by atoms with E-state index in [1.165, 1.54) is 30.3 Å². The van der Waals surface area contributed by atoms with E-state index in [4.69, 9.17) is 9.47 Å². The van der Waals surface area contributed by atoms with Crippen LogP contribution in [-0.2, 0) is 20.9 Å². The molecule has 218 valence electrons. The van der Waals surface area contributed by atoms with Crippen LogP contribution in [0.5, 0.6) is 5.75 Å². The first-order valence-corrected chi connectivity index (χ1v) is 14.1. The molecule has 1 aliphatic heterocycles. The van der Waals surface area contributed by atoms with E-state index in [0.29, 0.717) is 34.7 Å². The highest BCUT2D eigenvalue weighted by Crippen LogP contribution is 2.44. The lowest BCUT2D eigenvalue weighted by atomic mass is 9.94. The second kappa shape index (κ2) is 12.4. The van der Waals surface area contributed by atoms with Crippen LogP contribution < -0.4 is 9.64 Å². The molecule has 1 N–H and O–H groups in total. The van der Waals surface area contributed by atoms with Crippen LogP contribution in [0.2, 0.25) is 0 Å². The number of thiazole rings is 1. The van der Waals surface area contributed by atoms with Gasteiger partial charge in [0.05, 0.1) is 17.3 Å². The Morgan fingerprint density at radius 2 is 1.81 bits per heavy atom. The summed E-state index contributed by atoms with van der Waals surface area (Å²) in [6.07, 6.45) is 1.42. The molecule has 0 spiro atoms. The van der Waals surface area contributed by atoms with Crippen LogP contribution in [0.25, 0.3) is 5.76 Å². The van der Waals surface area contributed by atoms with Gasteiger partial charge in [0.25, 0.3) is 5.78 Å². The zero-order chi connectivity index (χ0) is 30.7. The number of rotatable bonds is 9. The Labute approximate surface area is 251 Å². The zero-order valence-corrected chi connectivity index (χ0v) is 24.2. The quantitative estimate of drug-likeness (QED) is 0.0776. The van der Waals surface area contributed by atoms with Crippen LogP contribution in [0.4, 0.5) is 9.52 Å². The molecule has 8 nitrogen and oxygen atoms in total.